The Labute approximate surface area is 121 Å². The number of imidazole rings is 1. The molecule has 3 aromatic heterocycles. The van der Waals surface area contributed by atoms with Crippen molar-refractivity contribution in [1.29, 1.82) is 0 Å². The molecule has 110 valence electrons. The monoisotopic (exact) mass is 303 g/mol. The molecule has 0 unspecified atom stereocenters. The van der Waals surface area contributed by atoms with E-state index in [-0.39, 0.29) is 5.65 Å². The standard InChI is InChI=1S/C14H8F3N5/c15-14(16,17)12-4-3-11-13(20-12)22(7-18-11)9-1-2-10-8(5-9)6-19-21-10/h1-7H,(H,19,21). The van der Waals surface area contributed by atoms with Gasteiger partial charge in [0.05, 0.1) is 11.7 Å². The normalized spacial score (nSPS) is 12.3. The van der Waals surface area contributed by atoms with E-state index in [0.29, 0.717) is 11.2 Å². The van der Waals surface area contributed by atoms with Crippen molar-refractivity contribution in [1.82, 2.24) is 24.7 Å². The largest absolute Gasteiger partial charge is 0.433 e. The number of benzene rings is 1. The fourth-order valence-corrected chi connectivity index (χ4v) is 2.32. The van der Waals surface area contributed by atoms with Crippen molar-refractivity contribution in [3.05, 3.63) is 48.5 Å². The van der Waals surface area contributed by atoms with Gasteiger partial charge in [0.1, 0.15) is 17.5 Å². The molecule has 0 fully saturated rings. The van der Waals surface area contributed by atoms with E-state index in [2.05, 4.69) is 20.2 Å². The lowest BCUT2D eigenvalue weighted by Gasteiger charge is -2.07. The van der Waals surface area contributed by atoms with Crippen molar-refractivity contribution in [3.63, 3.8) is 0 Å². The molecular formula is C14H8F3N5. The van der Waals surface area contributed by atoms with E-state index in [4.69, 9.17) is 0 Å². The number of nitrogens with one attached hydrogen (secondary N) is 1. The Morgan fingerprint density at radius 2 is 1.95 bits per heavy atom. The molecule has 0 saturated heterocycles. The molecular weight excluding hydrogens is 295 g/mol. The summed E-state index contributed by atoms with van der Waals surface area (Å²) in [6.07, 6.45) is -1.39. The number of halogens is 3. The van der Waals surface area contributed by atoms with E-state index >= 15 is 0 Å². The zero-order chi connectivity index (χ0) is 15.3. The highest BCUT2D eigenvalue weighted by Crippen LogP contribution is 2.29. The van der Waals surface area contributed by atoms with Crippen LogP contribution in [-0.4, -0.2) is 24.7 Å². The van der Waals surface area contributed by atoms with Gasteiger partial charge in [-0.25, -0.2) is 9.97 Å². The molecule has 0 aliphatic heterocycles. The first-order valence-electron chi connectivity index (χ1n) is 6.37. The zero-order valence-corrected chi connectivity index (χ0v) is 11.0. The Hall–Kier alpha value is -2.90. The van der Waals surface area contributed by atoms with Gasteiger partial charge in [0.2, 0.25) is 0 Å². The van der Waals surface area contributed by atoms with Crippen molar-refractivity contribution in [3.8, 4) is 5.69 Å². The van der Waals surface area contributed by atoms with Crippen LogP contribution < -0.4 is 0 Å². The van der Waals surface area contributed by atoms with Crippen molar-refractivity contribution >= 4 is 22.1 Å². The first-order valence-corrected chi connectivity index (χ1v) is 6.37. The van der Waals surface area contributed by atoms with Gasteiger partial charge in [-0.05, 0) is 30.3 Å². The number of fused-ring (bicyclic) bond motifs is 2. The summed E-state index contributed by atoms with van der Waals surface area (Å²) in [5.41, 5.74) is 1.14. The average molecular weight is 303 g/mol. The van der Waals surface area contributed by atoms with E-state index < -0.39 is 11.9 Å². The van der Waals surface area contributed by atoms with Gasteiger partial charge in [-0.15, -0.1) is 0 Å². The summed E-state index contributed by atoms with van der Waals surface area (Å²) in [6, 6.07) is 7.62. The second-order valence-corrected chi connectivity index (χ2v) is 4.79. The lowest BCUT2D eigenvalue weighted by molar-refractivity contribution is -0.141. The molecule has 1 N–H and O–H groups in total. The number of nitrogens with zero attached hydrogens (tertiary/aromatic N) is 4. The molecule has 0 bridgehead atoms. The third-order valence-electron chi connectivity index (χ3n) is 3.39. The molecule has 0 radical (unpaired) electrons. The summed E-state index contributed by atoms with van der Waals surface area (Å²) in [7, 11) is 0. The second-order valence-electron chi connectivity index (χ2n) is 4.79. The molecule has 0 atom stereocenters. The van der Waals surface area contributed by atoms with E-state index in [1.165, 1.54) is 17.0 Å². The zero-order valence-electron chi connectivity index (χ0n) is 11.0. The van der Waals surface area contributed by atoms with Crippen LogP contribution in [0, 0.1) is 0 Å². The number of alkyl halides is 3. The number of hydrogen-bond donors (Lipinski definition) is 1. The highest BCUT2D eigenvalue weighted by molar-refractivity contribution is 5.81. The first-order chi connectivity index (χ1) is 10.5. The first kappa shape index (κ1) is 12.8. The predicted octanol–water partition coefficient (Wildman–Crippen LogP) is 3.32. The van der Waals surface area contributed by atoms with Gasteiger partial charge in [-0.3, -0.25) is 9.67 Å². The van der Waals surface area contributed by atoms with Crippen LogP contribution in [0.25, 0.3) is 27.8 Å². The lowest BCUT2D eigenvalue weighted by atomic mass is 10.2. The van der Waals surface area contributed by atoms with Crippen molar-refractivity contribution < 1.29 is 13.2 Å². The minimum atomic E-state index is -4.49. The van der Waals surface area contributed by atoms with E-state index in [0.717, 1.165) is 17.0 Å². The molecule has 0 aliphatic rings. The third-order valence-corrected chi connectivity index (χ3v) is 3.39. The molecule has 4 aromatic rings. The minimum absolute atomic E-state index is 0.165. The number of pyridine rings is 1. The van der Waals surface area contributed by atoms with Gasteiger partial charge >= 0.3 is 6.18 Å². The predicted molar refractivity (Wildman–Crippen MR) is 73.5 cm³/mol. The quantitative estimate of drug-likeness (QED) is 0.587. The fraction of sp³-hybridized carbons (Fsp3) is 0.0714. The van der Waals surface area contributed by atoms with Gasteiger partial charge < -0.3 is 0 Å². The maximum atomic E-state index is 12.8. The third kappa shape index (κ3) is 1.92. The van der Waals surface area contributed by atoms with E-state index in [1.54, 1.807) is 18.3 Å². The van der Waals surface area contributed by atoms with Crippen molar-refractivity contribution in [2.75, 3.05) is 0 Å². The maximum absolute atomic E-state index is 12.8. The Morgan fingerprint density at radius 1 is 1.09 bits per heavy atom. The summed E-state index contributed by atoms with van der Waals surface area (Å²) < 4.78 is 40.0. The summed E-state index contributed by atoms with van der Waals surface area (Å²) in [5, 5.41) is 7.59. The van der Waals surface area contributed by atoms with Gasteiger partial charge in [0.15, 0.2) is 5.65 Å². The van der Waals surface area contributed by atoms with Crippen LogP contribution in [0.15, 0.2) is 42.9 Å². The SMILES string of the molecule is FC(F)(F)c1ccc2ncn(-c3ccc4[nH]ncc4c3)c2n1. The van der Waals surface area contributed by atoms with Crippen LogP contribution in [0.5, 0.6) is 0 Å². The average Bonchev–Trinajstić information content (AvgIpc) is 3.11. The van der Waals surface area contributed by atoms with E-state index in [1.807, 2.05) is 6.07 Å². The Morgan fingerprint density at radius 3 is 2.77 bits per heavy atom. The van der Waals surface area contributed by atoms with Gasteiger partial charge in [-0.1, -0.05) is 0 Å². The molecule has 0 amide bonds. The second kappa shape index (κ2) is 4.30. The molecule has 0 spiro atoms. The molecule has 22 heavy (non-hydrogen) atoms. The van der Waals surface area contributed by atoms with Crippen LogP contribution >= 0.6 is 0 Å². The van der Waals surface area contributed by atoms with Crippen LogP contribution in [0.2, 0.25) is 0 Å². The summed E-state index contributed by atoms with van der Waals surface area (Å²) in [6.45, 7) is 0. The molecule has 1 aromatic carbocycles. The summed E-state index contributed by atoms with van der Waals surface area (Å²) >= 11 is 0. The van der Waals surface area contributed by atoms with E-state index in [9.17, 15) is 13.2 Å². The summed E-state index contributed by atoms with van der Waals surface area (Å²) in [4.78, 5) is 7.80. The molecule has 3 heterocycles. The van der Waals surface area contributed by atoms with Crippen LogP contribution in [0.3, 0.4) is 0 Å². The van der Waals surface area contributed by atoms with Gasteiger partial charge in [-0.2, -0.15) is 18.3 Å². The van der Waals surface area contributed by atoms with Gasteiger partial charge in [0, 0.05) is 11.1 Å². The number of rotatable bonds is 1. The number of aromatic nitrogens is 5. The Kier molecular flexibility index (Phi) is 2.50. The van der Waals surface area contributed by atoms with Gasteiger partial charge in [0.25, 0.3) is 0 Å². The fourth-order valence-electron chi connectivity index (χ4n) is 2.32. The molecule has 0 aliphatic carbocycles. The van der Waals surface area contributed by atoms with Crippen molar-refractivity contribution in [2.24, 2.45) is 0 Å². The molecule has 5 nitrogen and oxygen atoms in total. The highest BCUT2D eigenvalue weighted by Gasteiger charge is 2.33. The number of aromatic amines is 1. The molecule has 0 saturated carbocycles. The maximum Gasteiger partial charge on any atom is 0.433 e. The van der Waals surface area contributed by atoms with Crippen LogP contribution in [0.4, 0.5) is 13.2 Å². The smallest absolute Gasteiger partial charge is 0.283 e. The Balaban J connectivity index is 1.93. The lowest BCUT2D eigenvalue weighted by Crippen LogP contribution is -2.08. The Bertz CT molecular complexity index is 983. The molecule has 4 rings (SSSR count). The minimum Gasteiger partial charge on any atom is -0.283 e. The topological polar surface area (TPSA) is 59.4 Å². The summed E-state index contributed by atoms with van der Waals surface area (Å²) in [5.74, 6) is 0. The number of H-pyrrole nitrogens is 1. The van der Waals surface area contributed by atoms with Crippen LogP contribution in [-0.2, 0) is 6.18 Å². The molecule has 8 heteroatoms. The van der Waals surface area contributed by atoms with Crippen molar-refractivity contribution in [2.45, 2.75) is 6.18 Å². The highest BCUT2D eigenvalue weighted by atomic mass is 19.4. The number of hydrogen-bond acceptors (Lipinski definition) is 3. The van der Waals surface area contributed by atoms with Crippen LogP contribution in [0.1, 0.15) is 5.69 Å².